The lowest BCUT2D eigenvalue weighted by Gasteiger charge is -2.11. The van der Waals surface area contributed by atoms with Crippen molar-refractivity contribution in [2.75, 3.05) is 10.0 Å². The first-order valence-electron chi connectivity index (χ1n) is 9.53. The number of carbonyl (C=O) groups is 1. The van der Waals surface area contributed by atoms with Crippen molar-refractivity contribution in [1.82, 2.24) is 0 Å². The van der Waals surface area contributed by atoms with Crippen LogP contribution in [0.4, 0.5) is 24.5 Å². The van der Waals surface area contributed by atoms with Gasteiger partial charge in [0, 0.05) is 26.7 Å². The number of alkyl halides is 3. The number of aryl methyl sites for hydroxylation is 1. The molecule has 1 aliphatic rings. The summed E-state index contributed by atoms with van der Waals surface area (Å²) in [6.45, 7) is 2.03. The topological polar surface area (TPSA) is 75.3 Å². The van der Waals surface area contributed by atoms with Crippen LogP contribution in [0.3, 0.4) is 0 Å². The number of halogens is 3. The van der Waals surface area contributed by atoms with E-state index in [1.807, 2.05) is 19.1 Å². The number of nitrogens with one attached hydrogen (secondary N) is 2. The molecule has 0 saturated heterocycles. The summed E-state index contributed by atoms with van der Waals surface area (Å²) < 4.78 is 66.1. The molecule has 5 nitrogen and oxygen atoms in total. The van der Waals surface area contributed by atoms with Crippen LogP contribution in [0.1, 0.15) is 27.8 Å². The quantitative estimate of drug-likeness (QED) is 0.467. The van der Waals surface area contributed by atoms with Gasteiger partial charge in [-0.1, -0.05) is 6.92 Å². The standard InChI is InChI=1S/C22H17F3N2O3S2/c1-2-15-7-8-16(31-15)11-19-18-12-17(9-10-20(18)26-21(19)28)32(29,30)27-14-5-3-13(4-6-14)22(23,24)25/h3-12,27H,2H2,1H3,(H,26,28). The van der Waals surface area contributed by atoms with E-state index in [-0.39, 0.29) is 16.5 Å². The molecule has 2 heterocycles. The molecular weight excluding hydrogens is 461 g/mol. The average Bonchev–Trinajstić information content (AvgIpc) is 3.31. The molecule has 0 aliphatic carbocycles. The van der Waals surface area contributed by atoms with Crippen LogP contribution in [-0.4, -0.2) is 14.3 Å². The van der Waals surface area contributed by atoms with E-state index >= 15 is 0 Å². The highest BCUT2D eigenvalue weighted by atomic mass is 32.2. The zero-order valence-corrected chi connectivity index (χ0v) is 18.3. The number of fused-ring (bicyclic) bond motifs is 1. The average molecular weight is 479 g/mol. The number of anilines is 2. The summed E-state index contributed by atoms with van der Waals surface area (Å²) >= 11 is 1.54. The van der Waals surface area contributed by atoms with E-state index in [0.29, 0.717) is 16.8 Å². The van der Waals surface area contributed by atoms with Crippen LogP contribution in [0.2, 0.25) is 0 Å². The summed E-state index contributed by atoms with van der Waals surface area (Å²) in [6.07, 6.45) is -1.93. The summed E-state index contributed by atoms with van der Waals surface area (Å²) in [7, 11) is -4.09. The van der Waals surface area contributed by atoms with Gasteiger partial charge in [-0.25, -0.2) is 8.42 Å². The van der Waals surface area contributed by atoms with E-state index < -0.39 is 21.8 Å². The number of sulfonamides is 1. The second kappa shape index (κ2) is 8.10. The highest BCUT2D eigenvalue weighted by Crippen LogP contribution is 2.36. The van der Waals surface area contributed by atoms with Crippen molar-refractivity contribution in [2.24, 2.45) is 0 Å². The number of benzene rings is 2. The molecular formula is C22H17F3N2O3S2. The zero-order chi connectivity index (χ0) is 23.1. The summed E-state index contributed by atoms with van der Waals surface area (Å²) in [6, 6.07) is 11.8. The number of carbonyl (C=O) groups excluding carboxylic acids is 1. The Morgan fingerprint density at radius 1 is 1.06 bits per heavy atom. The van der Waals surface area contributed by atoms with E-state index in [1.165, 1.54) is 18.2 Å². The molecule has 10 heteroatoms. The predicted molar refractivity (Wildman–Crippen MR) is 119 cm³/mol. The lowest BCUT2D eigenvalue weighted by molar-refractivity contribution is -0.137. The lowest BCUT2D eigenvalue weighted by Crippen LogP contribution is -2.13. The van der Waals surface area contributed by atoms with Crippen LogP contribution in [0.15, 0.2) is 59.5 Å². The molecule has 3 aromatic rings. The number of hydrogen-bond donors (Lipinski definition) is 2. The number of thiophene rings is 1. The van der Waals surface area contributed by atoms with Crippen LogP contribution >= 0.6 is 11.3 Å². The van der Waals surface area contributed by atoms with Gasteiger partial charge in [0.1, 0.15) is 0 Å². The summed E-state index contributed by atoms with van der Waals surface area (Å²) in [4.78, 5) is 14.4. The van der Waals surface area contributed by atoms with E-state index in [4.69, 9.17) is 0 Å². The molecule has 166 valence electrons. The Balaban J connectivity index is 1.64. The van der Waals surface area contributed by atoms with Gasteiger partial charge in [-0.2, -0.15) is 13.2 Å². The molecule has 0 unspecified atom stereocenters. The molecule has 0 atom stereocenters. The fourth-order valence-electron chi connectivity index (χ4n) is 3.22. The largest absolute Gasteiger partial charge is 0.416 e. The van der Waals surface area contributed by atoms with E-state index in [2.05, 4.69) is 10.0 Å². The third kappa shape index (κ3) is 4.42. The van der Waals surface area contributed by atoms with E-state index in [1.54, 1.807) is 17.4 Å². The molecule has 0 saturated carbocycles. The molecule has 1 aromatic heterocycles. The monoisotopic (exact) mass is 478 g/mol. The van der Waals surface area contributed by atoms with Crippen molar-refractivity contribution in [3.63, 3.8) is 0 Å². The van der Waals surface area contributed by atoms with Gasteiger partial charge < -0.3 is 5.32 Å². The van der Waals surface area contributed by atoms with Crippen LogP contribution in [0, 0.1) is 0 Å². The Kier molecular flexibility index (Phi) is 5.59. The normalized spacial score (nSPS) is 15.0. The highest BCUT2D eigenvalue weighted by Gasteiger charge is 2.30. The fraction of sp³-hybridized carbons (Fsp3) is 0.136. The molecule has 0 fully saturated rings. The maximum absolute atomic E-state index is 12.8. The first kappa shape index (κ1) is 22.1. The van der Waals surface area contributed by atoms with Crippen LogP contribution in [0.5, 0.6) is 0 Å². The maximum atomic E-state index is 12.8. The van der Waals surface area contributed by atoms with Gasteiger partial charge in [-0.15, -0.1) is 11.3 Å². The minimum absolute atomic E-state index is 0.00542. The molecule has 32 heavy (non-hydrogen) atoms. The number of rotatable bonds is 5. The Morgan fingerprint density at radius 3 is 2.41 bits per heavy atom. The Morgan fingerprint density at radius 2 is 1.78 bits per heavy atom. The van der Waals surface area contributed by atoms with Crippen LogP contribution < -0.4 is 10.0 Å². The molecule has 1 amide bonds. The number of hydrogen-bond acceptors (Lipinski definition) is 4. The predicted octanol–water partition coefficient (Wildman–Crippen LogP) is 5.62. The van der Waals surface area contributed by atoms with Crippen LogP contribution in [0.25, 0.3) is 11.6 Å². The smallest absolute Gasteiger partial charge is 0.321 e. The molecule has 1 aliphatic heterocycles. The second-order valence-corrected chi connectivity index (χ2v) is 9.94. The van der Waals surface area contributed by atoms with E-state index in [0.717, 1.165) is 40.4 Å². The van der Waals surface area contributed by atoms with Gasteiger partial charge in [-0.3, -0.25) is 9.52 Å². The molecule has 2 aromatic carbocycles. The highest BCUT2D eigenvalue weighted by molar-refractivity contribution is 7.92. The van der Waals surface area contributed by atoms with Crippen LogP contribution in [-0.2, 0) is 27.4 Å². The fourth-order valence-corrected chi connectivity index (χ4v) is 5.20. The minimum atomic E-state index is -4.51. The SMILES string of the molecule is CCc1ccc(C=C2C(=O)Nc3ccc(S(=O)(=O)Nc4ccc(C(F)(F)F)cc4)cc32)s1. The molecule has 2 N–H and O–H groups in total. The Labute approximate surface area is 186 Å². The zero-order valence-electron chi connectivity index (χ0n) is 16.7. The van der Waals surface area contributed by atoms with Crippen molar-refractivity contribution >= 4 is 50.3 Å². The third-order valence-corrected chi connectivity index (χ3v) is 7.42. The van der Waals surface area contributed by atoms with Gasteiger partial charge in [0.25, 0.3) is 15.9 Å². The van der Waals surface area contributed by atoms with Gasteiger partial charge in [-0.05, 0) is 67.1 Å². The summed E-state index contributed by atoms with van der Waals surface area (Å²) in [5.74, 6) is -0.336. The first-order chi connectivity index (χ1) is 15.1. The van der Waals surface area contributed by atoms with Crippen molar-refractivity contribution in [2.45, 2.75) is 24.4 Å². The lowest BCUT2D eigenvalue weighted by atomic mass is 10.1. The first-order valence-corrected chi connectivity index (χ1v) is 11.8. The summed E-state index contributed by atoms with van der Waals surface area (Å²) in [5.41, 5.74) is 0.390. The molecule has 0 radical (unpaired) electrons. The van der Waals surface area contributed by atoms with Gasteiger partial charge in [0.05, 0.1) is 16.0 Å². The van der Waals surface area contributed by atoms with Crippen molar-refractivity contribution in [1.29, 1.82) is 0 Å². The van der Waals surface area contributed by atoms with E-state index in [9.17, 15) is 26.4 Å². The second-order valence-electron chi connectivity index (χ2n) is 7.06. The molecule has 0 spiro atoms. The van der Waals surface area contributed by atoms with Crippen molar-refractivity contribution < 1.29 is 26.4 Å². The van der Waals surface area contributed by atoms with Crippen molar-refractivity contribution in [3.8, 4) is 0 Å². The minimum Gasteiger partial charge on any atom is -0.321 e. The van der Waals surface area contributed by atoms with Crippen molar-refractivity contribution in [3.05, 3.63) is 75.5 Å². The van der Waals surface area contributed by atoms with Gasteiger partial charge in [0.2, 0.25) is 0 Å². The van der Waals surface area contributed by atoms with Gasteiger partial charge in [0.15, 0.2) is 0 Å². The molecule has 0 bridgehead atoms. The summed E-state index contributed by atoms with van der Waals surface area (Å²) in [5, 5.41) is 2.71. The molecule has 4 rings (SSSR count). The maximum Gasteiger partial charge on any atom is 0.416 e. The number of amides is 1. The van der Waals surface area contributed by atoms with Gasteiger partial charge >= 0.3 is 6.18 Å². The third-order valence-electron chi connectivity index (χ3n) is 4.87. The Hall–Kier alpha value is -3.11. The Bertz CT molecular complexity index is 1330.